The molecule has 0 saturated carbocycles. The Morgan fingerprint density at radius 2 is 1.16 bits per heavy atom. The van der Waals surface area contributed by atoms with Crippen molar-refractivity contribution in [2.24, 2.45) is 0 Å². The quantitative estimate of drug-likeness (QED) is 0.0692. The van der Waals surface area contributed by atoms with Crippen molar-refractivity contribution in [2.75, 3.05) is 10.1 Å². The Morgan fingerprint density at radius 1 is 0.552 bits per heavy atom. The maximum Gasteiger partial charge on any atom is 0.148 e. The van der Waals surface area contributed by atoms with E-state index in [1.165, 1.54) is 21.3 Å². The summed E-state index contributed by atoms with van der Waals surface area (Å²) in [7, 11) is -3.11. The number of anilines is 4. The van der Waals surface area contributed by atoms with Crippen LogP contribution in [0.25, 0.3) is 27.6 Å². The molecular weight excluding hydrogens is 908 g/mol. The normalized spacial score (nSPS) is 12.8. The third-order valence-corrected chi connectivity index (χ3v) is 15.8. The van der Waals surface area contributed by atoms with Crippen molar-refractivity contribution in [1.29, 1.82) is 0 Å². The van der Waals surface area contributed by atoms with Gasteiger partial charge >= 0.3 is 0 Å². The van der Waals surface area contributed by atoms with Gasteiger partial charge in [-0.3, -0.25) is 0 Å². The van der Waals surface area contributed by atoms with Crippen LogP contribution in [0.15, 0.2) is 188 Å². The van der Waals surface area contributed by atoms with E-state index >= 15 is 0 Å². The summed E-state index contributed by atoms with van der Waals surface area (Å²) < 4.78 is 2.30. The summed E-state index contributed by atoms with van der Waals surface area (Å²) in [6.07, 6.45) is 1.94. The zero-order chi connectivity index (χ0) is 38.6. The Morgan fingerprint density at radius 3 is 1.84 bits per heavy atom. The van der Waals surface area contributed by atoms with Crippen LogP contribution in [0.5, 0.6) is 0 Å². The van der Waals surface area contributed by atoms with Gasteiger partial charge in [-0.15, -0.1) is 16.5 Å². The van der Waals surface area contributed by atoms with Crippen molar-refractivity contribution in [3.63, 3.8) is 0 Å². The second-order valence-electron chi connectivity index (χ2n) is 15.6. The van der Waals surface area contributed by atoms with E-state index in [-0.39, 0.29) is 26.5 Å². The molecule has 9 aromatic rings. The minimum Gasteiger partial charge on any atom is -0.319 e. The molecule has 2 aromatic heterocycles. The second-order valence-corrected chi connectivity index (χ2v) is 19.3. The number of benzene rings is 7. The van der Waals surface area contributed by atoms with Crippen LogP contribution in [0.2, 0.25) is 0 Å². The number of hydrogen-bond acceptors (Lipinski definition) is 3. The summed E-state index contributed by atoms with van der Waals surface area (Å²) in [6.45, 7) is 6.75. The summed E-state index contributed by atoms with van der Waals surface area (Å²) in [5, 5.41) is 11.1. The molecule has 10 rings (SSSR count). The van der Waals surface area contributed by atoms with Gasteiger partial charge in [0.05, 0.1) is 0 Å². The number of rotatable bonds is 7. The van der Waals surface area contributed by atoms with E-state index in [4.69, 9.17) is 9.92 Å². The molecular formula is C51H41N4OPtSi-. The third kappa shape index (κ3) is 6.20. The van der Waals surface area contributed by atoms with Crippen LogP contribution in [0.1, 0.15) is 26.3 Å². The molecule has 0 atom stereocenters. The van der Waals surface area contributed by atoms with Gasteiger partial charge in [-0.1, -0.05) is 141 Å². The molecule has 286 valence electrons. The van der Waals surface area contributed by atoms with Crippen LogP contribution >= 0.6 is 0 Å². The van der Waals surface area contributed by atoms with Crippen LogP contribution in [0.4, 0.5) is 22.7 Å². The summed E-state index contributed by atoms with van der Waals surface area (Å²) in [4.78, 5) is 10.2. The van der Waals surface area contributed by atoms with Gasteiger partial charge in [0.1, 0.15) is 31.0 Å². The van der Waals surface area contributed by atoms with Crippen LogP contribution in [0.3, 0.4) is 0 Å². The molecule has 7 heteroatoms. The maximum absolute atomic E-state index is 5.21. The second kappa shape index (κ2) is 15.0. The van der Waals surface area contributed by atoms with E-state index in [1.54, 1.807) is 0 Å². The van der Waals surface area contributed by atoms with Crippen molar-refractivity contribution in [2.45, 2.75) is 26.2 Å². The van der Waals surface area contributed by atoms with Crippen molar-refractivity contribution in [3.05, 3.63) is 206 Å². The molecule has 0 amide bonds. The number of fused-ring (bicyclic) bond motifs is 4. The molecule has 0 bridgehead atoms. The maximum atomic E-state index is 5.21. The van der Waals surface area contributed by atoms with Crippen molar-refractivity contribution in [1.82, 2.24) is 9.55 Å². The molecule has 1 aliphatic heterocycles. The largest absolute Gasteiger partial charge is 0.319 e. The molecule has 1 aliphatic rings. The monoisotopic (exact) mass is 948 g/mol. The van der Waals surface area contributed by atoms with E-state index in [0.29, 0.717) is 0 Å². The Kier molecular flexibility index (Phi) is 9.73. The average Bonchev–Trinajstić information content (AvgIpc) is 3.81. The fourth-order valence-corrected chi connectivity index (χ4v) is 13.0. The topological polar surface area (TPSA) is 37.1 Å². The molecule has 5 nitrogen and oxygen atoms in total. The number of aromatic nitrogens is 2. The van der Waals surface area contributed by atoms with Gasteiger partial charge < -0.3 is 4.57 Å². The Labute approximate surface area is 355 Å². The first-order valence-electron chi connectivity index (χ1n) is 19.4. The fraction of sp³-hybridized carbons (Fsp3) is 0.0784. The Hall–Kier alpha value is -6.04. The average molecular weight is 949 g/mol. The Balaban J connectivity index is 0.00000436. The molecule has 0 saturated heterocycles. The minimum absolute atomic E-state index is 0. The van der Waals surface area contributed by atoms with Crippen LogP contribution in [-0.2, 0) is 26.5 Å². The summed E-state index contributed by atoms with van der Waals surface area (Å²) >= 11 is 0. The van der Waals surface area contributed by atoms with E-state index in [1.807, 2.05) is 34.5 Å². The zero-order valence-corrected chi connectivity index (χ0v) is 35.7. The first-order valence-corrected chi connectivity index (χ1v) is 21.4. The third-order valence-electron chi connectivity index (χ3n) is 11.2. The van der Waals surface area contributed by atoms with Gasteiger partial charge in [-0.2, -0.15) is 51.7 Å². The SMILES string of the molecule is CC(C)(C)c1ccnc(-n2c3[c-]c([Si](c4[c-]c(N5[OH+]N(c6ccccc6)c6ccccc65)ccc4)(c4ccccc4)c4ccccc4)ccc3c3ccccc32)c1.[Pt]. The summed E-state index contributed by atoms with van der Waals surface area (Å²) in [5.74, 6) is 0.888. The minimum atomic E-state index is -3.11. The molecule has 0 spiro atoms. The number of pyridine rings is 1. The molecule has 0 aliphatic carbocycles. The number of hydrogen-bond donors (Lipinski definition) is 0. The van der Waals surface area contributed by atoms with E-state index in [0.717, 1.165) is 55.4 Å². The predicted molar refractivity (Wildman–Crippen MR) is 238 cm³/mol. The molecule has 58 heavy (non-hydrogen) atoms. The molecule has 3 heterocycles. The van der Waals surface area contributed by atoms with Crippen molar-refractivity contribution >= 4 is 73.4 Å². The van der Waals surface area contributed by atoms with Gasteiger partial charge in [0.25, 0.3) is 0 Å². The molecule has 0 fully saturated rings. The first kappa shape index (κ1) is 37.5. The number of para-hydroxylation sites is 4. The van der Waals surface area contributed by atoms with Crippen molar-refractivity contribution < 1.29 is 26.0 Å². The van der Waals surface area contributed by atoms with Crippen LogP contribution in [0, 0.1) is 12.1 Å². The predicted octanol–water partition coefficient (Wildman–Crippen LogP) is 9.58. The molecule has 0 radical (unpaired) electrons. The number of nitrogens with zero attached hydrogens (tertiary/aromatic N) is 4. The summed E-state index contributed by atoms with van der Waals surface area (Å²) in [5.41, 5.74) is 7.22. The zero-order valence-electron chi connectivity index (χ0n) is 32.5. The smallest absolute Gasteiger partial charge is 0.148 e. The Bertz CT molecular complexity index is 2850. The van der Waals surface area contributed by atoms with Gasteiger partial charge in [-0.25, -0.2) is 4.98 Å². The van der Waals surface area contributed by atoms with Gasteiger partial charge in [0.2, 0.25) is 0 Å². The van der Waals surface area contributed by atoms with Crippen LogP contribution < -0.4 is 30.9 Å². The molecule has 0 unspecified atom stereocenters. The van der Waals surface area contributed by atoms with Crippen molar-refractivity contribution in [3.8, 4) is 5.82 Å². The summed E-state index contributed by atoms with van der Waals surface area (Å²) in [6, 6.07) is 73.0. The van der Waals surface area contributed by atoms with Gasteiger partial charge in [0.15, 0.2) is 0 Å². The van der Waals surface area contributed by atoms with E-state index in [2.05, 4.69) is 201 Å². The fourth-order valence-electron chi connectivity index (χ4n) is 8.41. The van der Waals surface area contributed by atoms with E-state index < -0.39 is 8.07 Å². The van der Waals surface area contributed by atoms with Gasteiger partial charge in [0, 0.05) is 38.5 Å². The van der Waals surface area contributed by atoms with E-state index in [9.17, 15) is 0 Å². The van der Waals surface area contributed by atoms with Crippen LogP contribution in [-0.4, -0.2) is 22.6 Å². The van der Waals surface area contributed by atoms with Gasteiger partial charge in [-0.05, 0) is 69.2 Å². The first-order chi connectivity index (χ1) is 27.9. The molecule has 7 aromatic carbocycles. The molecule has 1 N–H and O–H groups in total. The standard InChI is InChI=1S/C51H40N4OSi.Pt/c1-51(2,3)37-32-33-52-50(34-37)53-46-27-14-13-26-44(46)45-31-30-43(36-49(45)53)57(40-21-9-5-10-22-40,41-23-11-6-12-24-41)42-25-17-20-39(35-42)55-48-29-16-15-28-47(48)54(56-55)38-18-7-4-8-19-38;/h4-34H,1-3H3;/q-2;/p+1.